The lowest BCUT2D eigenvalue weighted by atomic mass is 9.96. The third kappa shape index (κ3) is 1.17. The fourth-order valence-corrected chi connectivity index (χ4v) is 1.48. The Morgan fingerprint density at radius 3 is 2.54 bits per heavy atom. The molecule has 0 unspecified atom stereocenters. The van der Waals surface area contributed by atoms with Crippen LogP contribution in [0.1, 0.15) is 24.0 Å². The van der Waals surface area contributed by atoms with E-state index in [9.17, 15) is 0 Å². The SMILES string of the molecule is N#Cc1cccc(C2(C#N)CC2)c1. The van der Waals surface area contributed by atoms with Crippen LogP contribution in [-0.2, 0) is 5.41 Å². The number of hydrogen-bond acceptors (Lipinski definition) is 2. The molecule has 1 aromatic carbocycles. The van der Waals surface area contributed by atoms with Crippen molar-refractivity contribution in [3.05, 3.63) is 35.4 Å². The van der Waals surface area contributed by atoms with E-state index < -0.39 is 0 Å². The number of benzene rings is 1. The molecule has 1 aromatic rings. The quantitative estimate of drug-likeness (QED) is 0.644. The van der Waals surface area contributed by atoms with E-state index in [1.54, 1.807) is 6.07 Å². The fourth-order valence-electron chi connectivity index (χ4n) is 1.48. The Hall–Kier alpha value is -1.80. The monoisotopic (exact) mass is 168 g/mol. The van der Waals surface area contributed by atoms with Crippen molar-refractivity contribution in [2.75, 3.05) is 0 Å². The van der Waals surface area contributed by atoms with Crippen molar-refractivity contribution in [2.45, 2.75) is 18.3 Å². The van der Waals surface area contributed by atoms with E-state index in [0.29, 0.717) is 5.56 Å². The maximum absolute atomic E-state index is 8.94. The second-order valence-corrected chi connectivity index (χ2v) is 3.39. The van der Waals surface area contributed by atoms with Gasteiger partial charge in [0.1, 0.15) is 0 Å². The van der Waals surface area contributed by atoms with E-state index in [0.717, 1.165) is 18.4 Å². The summed E-state index contributed by atoms with van der Waals surface area (Å²) in [6, 6.07) is 11.7. The standard InChI is InChI=1S/C11H8N2/c12-7-9-2-1-3-10(6-9)11(8-13)4-5-11/h1-3,6H,4-5H2. The van der Waals surface area contributed by atoms with Crippen LogP contribution < -0.4 is 0 Å². The molecule has 1 aliphatic rings. The first kappa shape index (κ1) is 7.83. The first-order chi connectivity index (χ1) is 6.30. The molecular weight excluding hydrogens is 160 g/mol. The number of nitrogens with zero attached hydrogens (tertiary/aromatic N) is 2. The van der Waals surface area contributed by atoms with Crippen molar-refractivity contribution in [3.63, 3.8) is 0 Å². The summed E-state index contributed by atoms with van der Waals surface area (Å²) in [7, 11) is 0. The Kier molecular flexibility index (Phi) is 1.57. The summed E-state index contributed by atoms with van der Waals surface area (Å²) in [6.07, 6.45) is 1.86. The van der Waals surface area contributed by atoms with Crippen LogP contribution in [0.3, 0.4) is 0 Å². The van der Waals surface area contributed by atoms with Crippen molar-refractivity contribution in [2.24, 2.45) is 0 Å². The molecule has 0 aliphatic heterocycles. The Balaban J connectivity index is 2.44. The van der Waals surface area contributed by atoms with Gasteiger partial charge < -0.3 is 0 Å². The molecule has 0 saturated heterocycles. The maximum Gasteiger partial charge on any atom is 0.0991 e. The minimum absolute atomic E-state index is 0.271. The molecule has 1 aliphatic carbocycles. The number of nitriles is 2. The first-order valence-electron chi connectivity index (χ1n) is 4.23. The molecule has 2 nitrogen and oxygen atoms in total. The molecule has 0 aromatic heterocycles. The molecule has 0 spiro atoms. The normalized spacial score (nSPS) is 17.1. The molecule has 2 rings (SSSR count). The molecule has 2 heteroatoms. The second kappa shape index (κ2) is 2.61. The van der Waals surface area contributed by atoms with Gasteiger partial charge in [0, 0.05) is 0 Å². The molecule has 0 atom stereocenters. The molecule has 62 valence electrons. The summed E-state index contributed by atoms with van der Waals surface area (Å²) in [5, 5.41) is 17.6. The lowest BCUT2D eigenvalue weighted by Crippen LogP contribution is -2.02. The molecule has 0 bridgehead atoms. The summed E-state index contributed by atoms with van der Waals surface area (Å²) in [5.74, 6) is 0. The molecule has 1 fully saturated rings. The van der Waals surface area contributed by atoms with Gasteiger partial charge in [-0.05, 0) is 30.5 Å². The van der Waals surface area contributed by atoms with E-state index >= 15 is 0 Å². The van der Waals surface area contributed by atoms with Gasteiger partial charge >= 0.3 is 0 Å². The van der Waals surface area contributed by atoms with Gasteiger partial charge in [0.25, 0.3) is 0 Å². The van der Waals surface area contributed by atoms with Crippen LogP contribution in [0.2, 0.25) is 0 Å². The van der Waals surface area contributed by atoms with Crippen molar-refractivity contribution in [1.82, 2.24) is 0 Å². The van der Waals surface area contributed by atoms with Gasteiger partial charge in [-0.15, -0.1) is 0 Å². The van der Waals surface area contributed by atoms with Crippen LogP contribution in [0.15, 0.2) is 24.3 Å². The summed E-state index contributed by atoms with van der Waals surface area (Å²) in [4.78, 5) is 0. The first-order valence-corrected chi connectivity index (χ1v) is 4.23. The van der Waals surface area contributed by atoms with Crippen molar-refractivity contribution >= 4 is 0 Å². The molecule has 0 N–H and O–H groups in total. The lowest BCUT2D eigenvalue weighted by molar-refractivity contribution is 0.908. The summed E-state index contributed by atoms with van der Waals surface area (Å²) in [6.45, 7) is 0. The maximum atomic E-state index is 8.94. The lowest BCUT2D eigenvalue weighted by Gasteiger charge is -2.04. The fraction of sp³-hybridized carbons (Fsp3) is 0.273. The van der Waals surface area contributed by atoms with Gasteiger partial charge in [-0.25, -0.2) is 0 Å². The molecule has 0 radical (unpaired) electrons. The van der Waals surface area contributed by atoms with Gasteiger partial charge in [0.15, 0.2) is 0 Å². The average Bonchev–Trinajstić information content (AvgIpc) is 2.99. The highest BCUT2D eigenvalue weighted by Crippen LogP contribution is 2.47. The average molecular weight is 168 g/mol. The van der Waals surface area contributed by atoms with Gasteiger partial charge in [-0.3, -0.25) is 0 Å². The topological polar surface area (TPSA) is 47.6 Å². The third-order valence-electron chi connectivity index (χ3n) is 2.51. The third-order valence-corrected chi connectivity index (χ3v) is 2.51. The molecule has 0 heterocycles. The van der Waals surface area contributed by atoms with Crippen LogP contribution in [-0.4, -0.2) is 0 Å². The van der Waals surface area contributed by atoms with E-state index in [1.807, 2.05) is 18.2 Å². The predicted octanol–water partition coefficient (Wildman–Crippen LogP) is 2.11. The van der Waals surface area contributed by atoms with Gasteiger partial charge in [0.05, 0.1) is 23.1 Å². The van der Waals surface area contributed by atoms with Crippen LogP contribution in [0.5, 0.6) is 0 Å². The number of hydrogen-bond donors (Lipinski definition) is 0. The van der Waals surface area contributed by atoms with Crippen LogP contribution in [0.4, 0.5) is 0 Å². The highest BCUT2D eigenvalue weighted by Gasteiger charge is 2.44. The zero-order valence-electron chi connectivity index (χ0n) is 7.12. The predicted molar refractivity (Wildman–Crippen MR) is 47.7 cm³/mol. The highest BCUT2D eigenvalue weighted by atomic mass is 14.5. The van der Waals surface area contributed by atoms with E-state index in [2.05, 4.69) is 12.1 Å². The Labute approximate surface area is 77.0 Å². The molecular formula is C11H8N2. The van der Waals surface area contributed by atoms with Crippen LogP contribution in [0, 0.1) is 22.7 Å². The Bertz CT molecular complexity index is 416. The van der Waals surface area contributed by atoms with Gasteiger partial charge in [-0.1, -0.05) is 12.1 Å². The summed E-state index contributed by atoms with van der Waals surface area (Å²) < 4.78 is 0. The molecule has 1 saturated carbocycles. The smallest absolute Gasteiger partial charge is 0.0991 e. The minimum atomic E-state index is -0.271. The zero-order valence-corrected chi connectivity index (χ0v) is 7.12. The molecule has 0 amide bonds. The molecule has 13 heavy (non-hydrogen) atoms. The summed E-state index contributed by atoms with van der Waals surface area (Å²) >= 11 is 0. The van der Waals surface area contributed by atoms with Crippen LogP contribution in [0.25, 0.3) is 0 Å². The summed E-state index contributed by atoms with van der Waals surface area (Å²) in [5.41, 5.74) is 1.36. The van der Waals surface area contributed by atoms with Crippen molar-refractivity contribution in [3.8, 4) is 12.1 Å². The largest absolute Gasteiger partial charge is 0.197 e. The number of rotatable bonds is 1. The zero-order chi connectivity index (χ0) is 9.31. The van der Waals surface area contributed by atoms with E-state index in [1.165, 1.54) is 0 Å². The van der Waals surface area contributed by atoms with Gasteiger partial charge in [-0.2, -0.15) is 10.5 Å². The van der Waals surface area contributed by atoms with Crippen LogP contribution >= 0.6 is 0 Å². The van der Waals surface area contributed by atoms with Crippen molar-refractivity contribution in [1.29, 1.82) is 10.5 Å². The van der Waals surface area contributed by atoms with E-state index in [-0.39, 0.29) is 5.41 Å². The van der Waals surface area contributed by atoms with E-state index in [4.69, 9.17) is 10.5 Å². The van der Waals surface area contributed by atoms with Gasteiger partial charge in [0.2, 0.25) is 0 Å². The second-order valence-electron chi connectivity index (χ2n) is 3.39. The van der Waals surface area contributed by atoms with Crippen molar-refractivity contribution < 1.29 is 0 Å². The minimum Gasteiger partial charge on any atom is -0.197 e. The highest BCUT2D eigenvalue weighted by molar-refractivity contribution is 5.43. The Morgan fingerprint density at radius 2 is 2.00 bits per heavy atom. The Morgan fingerprint density at radius 1 is 1.23 bits per heavy atom.